The highest BCUT2D eigenvalue weighted by molar-refractivity contribution is 5.07. The van der Waals surface area contributed by atoms with Crippen LogP contribution < -0.4 is 5.32 Å². The first-order chi connectivity index (χ1) is 11.3. The largest absolute Gasteiger partial charge is 0.306 e. The first-order valence-electron chi connectivity index (χ1n) is 8.62. The molecule has 0 spiro atoms. The molecule has 1 N–H and O–H groups in total. The molecule has 0 aliphatic carbocycles. The van der Waals surface area contributed by atoms with E-state index in [4.69, 9.17) is 0 Å². The molecule has 0 radical (unpaired) electrons. The summed E-state index contributed by atoms with van der Waals surface area (Å²) in [5.41, 5.74) is 2.45. The van der Waals surface area contributed by atoms with E-state index in [1.165, 1.54) is 24.2 Å². The third-order valence-electron chi connectivity index (χ3n) is 4.76. The number of aryl methyl sites for hydroxylation is 1. The van der Waals surface area contributed by atoms with E-state index >= 15 is 0 Å². The lowest BCUT2D eigenvalue weighted by atomic mass is 10.0. The lowest BCUT2D eigenvalue weighted by Gasteiger charge is -2.34. The van der Waals surface area contributed by atoms with Gasteiger partial charge in [-0.15, -0.1) is 0 Å². The van der Waals surface area contributed by atoms with Crippen LogP contribution in [0.4, 0.5) is 0 Å². The average molecular weight is 313 g/mol. The molecule has 5 heteroatoms. The molecule has 3 rings (SSSR count). The zero-order valence-corrected chi connectivity index (χ0v) is 14.2. The normalized spacial score (nSPS) is 18.2. The first-order valence-corrected chi connectivity index (χ1v) is 8.62. The van der Waals surface area contributed by atoms with Gasteiger partial charge in [0, 0.05) is 51.2 Å². The average Bonchev–Trinajstić information content (AvgIpc) is 3.01. The summed E-state index contributed by atoms with van der Waals surface area (Å²) >= 11 is 0. The van der Waals surface area contributed by atoms with Gasteiger partial charge in [0.2, 0.25) is 0 Å². The van der Waals surface area contributed by atoms with Crippen LogP contribution in [-0.2, 0) is 13.6 Å². The second kappa shape index (κ2) is 7.70. The molecule has 1 fully saturated rings. The fraction of sp³-hybridized carbons (Fsp3) is 0.556. The number of likely N-dealkylation sites (tertiary alicyclic amines) is 1. The molecule has 1 atom stereocenters. The highest BCUT2D eigenvalue weighted by Crippen LogP contribution is 2.20. The maximum atomic E-state index is 4.43. The summed E-state index contributed by atoms with van der Waals surface area (Å²) in [4.78, 5) is 6.94. The Hall–Kier alpha value is -1.72. The van der Waals surface area contributed by atoms with Crippen LogP contribution in [0.2, 0.25) is 0 Å². The van der Waals surface area contributed by atoms with Crippen LogP contribution in [0.25, 0.3) is 0 Å². The van der Waals surface area contributed by atoms with Crippen molar-refractivity contribution in [2.45, 2.75) is 44.8 Å². The monoisotopic (exact) mass is 313 g/mol. The fourth-order valence-electron chi connectivity index (χ4n) is 3.40. The van der Waals surface area contributed by atoms with Crippen LogP contribution in [0.5, 0.6) is 0 Å². The van der Waals surface area contributed by atoms with Gasteiger partial charge in [0.25, 0.3) is 0 Å². The number of nitrogens with one attached hydrogen (secondary N) is 1. The molecule has 1 aliphatic heterocycles. The molecule has 0 amide bonds. The Balaban J connectivity index is 1.50. The number of rotatable bonds is 6. The van der Waals surface area contributed by atoms with E-state index < -0.39 is 0 Å². The fourth-order valence-corrected chi connectivity index (χ4v) is 3.40. The maximum Gasteiger partial charge on any atom is 0.0550 e. The molecule has 3 heterocycles. The number of hydrogen-bond acceptors (Lipinski definition) is 4. The molecule has 124 valence electrons. The molecule has 1 saturated heterocycles. The molecular formula is C18H27N5. The second-order valence-electron chi connectivity index (χ2n) is 6.38. The van der Waals surface area contributed by atoms with Gasteiger partial charge in [-0.2, -0.15) is 5.10 Å². The van der Waals surface area contributed by atoms with E-state index in [-0.39, 0.29) is 0 Å². The lowest BCUT2D eigenvalue weighted by Crippen LogP contribution is -2.43. The highest BCUT2D eigenvalue weighted by Gasteiger charge is 2.23. The van der Waals surface area contributed by atoms with Gasteiger partial charge in [-0.1, -0.05) is 13.0 Å². The predicted molar refractivity (Wildman–Crippen MR) is 91.9 cm³/mol. The number of aromatic nitrogens is 3. The Morgan fingerprint density at radius 1 is 1.22 bits per heavy atom. The topological polar surface area (TPSA) is 46.0 Å². The molecule has 0 bridgehead atoms. The lowest BCUT2D eigenvalue weighted by molar-refractivity contribution is 0.180. The summed E-state index contributed by atoms with van der Waals surface area (Å²) in [7, 11) is 2.02. The second-order valence-corrected chi connectivity index (χ2v) is 6.38. The van der Waals surface area contributed by atoms with E-state index in [0.29, 0.717) is 12.1 Å². The molecule has 2 aromatic heterocycles. The zero-order valence-electron chi connectivity index (χ0n) is 14.2. The van der Waals surface area contributed by atoms with Gasteiger partial charge < -0.3 is 5.32 Å². The van der Waals surface area contributed by atoms with Crippen molar-refractivity contribution < 1.29 is 0 Å². The van der Waals surface area contributed by atoms with Crippen LogP contribution in [0.15, 0.2) is 36.7 Å². The molecule has 2 aromatic rings. The Morgan fingerprint density at radius 2 is 2.04 bits per heavy atom. The minimum Gasteiger partial charge on any atom is -0.306 e. The van der Waals surface area contributed by atoms with E-state index in [2.05, 4.69) is 45.4 Å². The summed E-state index contributed by atoms with van der Waals surface area (Å²) in [5, 5.41) is 8.13. The van der Waals surface area contributed by atoms with E-state index in [9.17, 15) is 0 Å². The Labute approximate surface area is 138 Å². The molecule has 23 heavy (non-hydrogen) atoms. The standard InChI is InChI=1S/C18H27N5/c1-3-17(18-7-11-20-22(18)2)21-15-8-12-23(13-9-15)14-16-6-4-5-10-19-16/h4-7,10-11,15,17,21H,3,8-9,12-14H2,1-2H3/t17-/m0/s1. The summed E-state index contributed by atoms with van der Waals surface area (Å²) in [6, 6.07) is 9.26. The van der Waals surface area contributed by atoms with Crippen molar-refractivity contribution in [3.63, 3.8) is 0 Å². The Morgan fingerprint density at radius 3 is 2.65 bits per heavy atom. The highest BCUT2D eigenvalue weighted by atomic mass is 15.3. The smallest absolute Gasteiger partial charge is 0.0550 e. The Bertz CT molecular complexity index is 586. The van der Waals surface area contributed by atoms with Crippen LogP contribution in [0.3, 0.4) is 0 Å². The van der Waals surface area contributed by atoms with Crippen molar-refractivity contribution in [1.29, 1.82) is 0 Å². The molecule has 0 unspecified atom stereocenters. The van der Waals surface area contributed by atoms with Crippen LogP contribution >= 0.6 is 0 Å². The number of piperidine rings is 1. The quantitative estimate of drug-likeness (QED) is 0.890. The third kappa shape index (κ3) is 4.18. The van der Waals surface area contributed by atoms with Gasteiger partial charge in [0.15, 0.2) is 0 Å². The van der Waals surface area contributed by atoms with Gasteiger partial charge in [0.05, 0.1) is 11.4 Å². The summed E-state index contributed by atoms with van der Waals surface area (Å²) in [5.74, 6) is 0. The number of hydrogen-bond donors (Lipinski definition) is 1. The molecule has 1 aliphatic rings. The number of pyridine rings is 1. The van der Waals surface area contributed by atoms with Crippen molar-refractivity contribution >= 4 is 0 Å². The van der Waals surface area contributed by atoms with Crippen LogP contribution in [-0.4, -0.2) is 38.8 Å². The Kier molecular flexibility index (Phi) is 5.41. The minimum atomic E-state index is 0.398. The van der Waals surface area contributed by atoms with Crippen molar-refractivity contribution in [1.82, 2.24) is 25.0 Å². The molecule has 0 saturated carbocycles. The number of nitrogens with zero attached hydrogens (tertiary/aromatic N) is 4. The van der Waals surface area contributed by atoms with E-state index in [1.807, 2.05) is 30.2 Å². The van der Waals surface area contributed by atoms with E-state index in [0.717, 1.165) is 26.1 Å². The van der Waals surface area contributed by atoms with Gasteiger partial charge in [-0.25, -0.2) is 0 Å². The van der Waals surface area contributed by atoms with Gasteiger partial charge in [0.1, 0.15) is 0 Å². The van der Waals surface area contributed by atoms with Crippen LogP contribution in [0.1, 0.15) is 43.6 Å². The summed E-state index contributed by atoms with van der Waals surface area (Å²) < 4.78 is 1.98. The predicted octanol–water partition coefficient (Wildman–Crippen LogP) is 2.52. The molecule has 5 nitrogen and oxygen atoms in total. The molecule has 0 aromatic carbocycles. The summed E-state index contributed by atoms with van der Waals surface area (Å²) in [6.07, 6.45) is 7.24. The van der Waals surface area contributed by atoms with Crippen molar-refractivity contribution in [2.24, 2.45) is 7.05 Å². The zero-order chi connectivity index (χ0) is 16.1. The minimum absolute atomic E-state index is 0.398. The third-order valence-corrected chi connectivity index (χ3v) is 4.76. The van der Waals surface area contributed by atoms with Crippen molar-refractivity contribution in [2.75, 3.05) is 13.1 Å². The summed E-state index contributed by atoms with van der Waals surface area (Å²) in [6.45, 7) is 5.47. The van der Waals surface area contributed by atoms with Crippen LogP contribution in [0, 0.1) is 0 Å². The SMILES string of the molecule is CC[C@H](NC1CCN(Cc2ccccn2)CC1)c1ccnn1C. The van der Waals surface area contributed by atoms with Gasteiger partial charge in [-0.3, -0.25) is 14.6 Å². The first kappa shape index (κ1) is 16.1. The maximum absolute atomic E-state index is 4.43. The van der Waals surface area contributed by atoms with E-state index in [1.54, 1.807) is 0 Å². The van der Waals surface area contributed by atoms with Gasteiger partial charge in [-0.05, 0) is 37.5 Å². The van der Waals surface area contributed by atoms with Crippen molar-refractivity contribution in [3.05, 3.63) is 48.0 Å². The van der Waals surface area contributed by atoms with Crippen molar-refractivity contribution in [3.8, 4) is 0 Å². The molecular weight excluding hydrogens is 286 g/mol. The van der Waals surface area contributed by atoms with Gasteiger partial charge >= 0.3 is 0 Å².